The highest BCUT2D eigenvalue weighted by Gasteiger charge is 2.05. The number of pyridine rings is 1. The van der Waals surface area contributed by atoms with Gasteiger partial charge in [0.25, 0.3) is 0 Å². The molecule has 0 radical (unpaired) electrons. The molecule has 0 atom stereocenters. The average Bonchev–Trinajstić information content (AvgIpc) is 2.47. The Morgan fingerprint density at radius 1 is 1.30 bits per heavy atom. The van der Waals surface area contributed by atoms with Crippen molar-refractivity contribution >= 4 is 23.5 Å². The van der Waals surface area contributed by atoms with E-state index in [1.54, 1.807) is 24.0 Å². The van der Waals surface area contributed by atoms with E-state index in [-0.39, 0.29) is 5.91 Å². The maximum Gasteiger partial charge on any atom is 0.224 e. The van der Waals surface area contributed by atoms with Crippen molar-refractivity contribution in [2.24, 2.45) is 0 Å². The zero-order valence-corrected chi connectivity index (χ0v) is 12.1. The Balaban J connectivity index is 1.87. The molecule has 0 aliphatic heterocycles. The second kappa shape index (κ2) is 6.96. The van der Waals surface area contributed by atoms with Gasteiger partial charge in [-0.05, 0) is 30.0 Å². The van der Waals surface area contributed by atoms with Gasteiger partial charge in [-0.3, -0.25) is 4.79 Å². The van der Waals surface area contributed by atoms with Crippen LogP contribution in [0.15, 0.2) is 47.5 Å². The van der Waals surface area contributed by atoms with Crippen molar-refractivity contribution in [3.8, 4) is 0 Å². The third-order valence-corrected chi connectivity index (χ3v) is 3.67. The molecule has 0 aliphatic rings. The van der Waals surface area contributed by atoms with Crippen molar-refractivity contribution in [1.82, 2.24) is 10.3 Å². The Bertz CT molecular complexity index is 584. The van der Waals surface area contributed by atoms with Crippen molar-refractivity contribution in [3.05, 3.63) is 53.7 Å². The fourth-order valence-electron chi connectivity index (χ4n) is 1.79. The highest BCUT2D eigenvalue weighted by molar-refractivity contribution is 7.98. The number of benzene rings is 1. The van der Waals surface area contributed by atoms with E-state index in [4.69, 9.17) is 5.73 Å². The molecule has 0 fully saturated rings. The van der Waals surface area contributed by atoms with Crippen LogP contribution >= 0.6 is 11.8 Å². The molecule has 0 unspecified atom stereocenters. The van der Waals surface area contributed by atoms with Gasteiger partial charge < -0.3 is 11.1 Å². The molecule has 2 aromatic rings. The number of nitrogen functional groups attached to an aromatic ring is 1. The Morgan fingerprint density at radius 3 is 2.70 bits per heavy atom. The lowest BCUT2D eigenvalue weighted by Crippen LogP contribution is -2.25. The molecule has 5 heteroatoms. The minimum atomic E-state index is -0.0230. The van der Waals surface area contributed by atoms with Crippen LogP contribution < -0.4 is 11.1 Å². The van der Waals surface area contributed by atoms with Crippen LogP contribution in [-0.2, 0) is 17.8 Å². The highest BCUT2D eigenvalue weighted by atomic mass is 32.2. The van der Waals surface area contributed by atoms with E-state index in [0.717, 1.165) is 11.1 Å². The molecule has 1 heterocycles. The third kappa shape index (κ3) is 3.99. The van der Waals surface area contributed by atoms with E-state index in [2.05, 4.69) is 10.3 Å². The summed E-state index contributed by atoms with van der Waals surface area (Å²) in [6.45, 7) is 0.404. The number of hydrogen-bond donors (Lipinski definition) is 2. The number of rotatable bonds is 5. The Labute approximate surface area is 122 Å². The number of amides is 1. The molecule has 1 aromatic carbocycles. The van der Waals surface area contributed by atoms with Gasteiger partial charge in [0.2, 0.25) is 5.91 Å². The van der Waals surface area contributed by atoms with Crippen LogP contribution in [0, 0.1) is 0 Å². The van der Waals surface area contributed by atoms with E-state index >= 15 is 0 Å². The van der Waals surface area contributed by atoms with Gasteiger partial charge in [0.05, 0.1) is 6.42 Å². The summed E-state index contributed by atoms with van der Waals surface area (Å²) in [4.78, 5) is 17.1. The lowest BCUT2D eigenvalue weighted by atomic mass is 10.1. The van der Waals surface area contributed by atoms with E-state index < -0.39 is 0 Å². The number of aromatic nitrogens is 1. The number of carbonyl (C=O) groups excluding carboxylic acids is 1. The quantitative estimate of drug-likeness (QED) is 0.828. The number of nitrogens with zero attached hydrogens (tertiary/aromatic N) is 1. The first-order valence-electron chi connectivity index (χ1n) is 6.28. The maximum atomic E-state index is 11.9. The summed E-state index contributed by atoms with van der Waals surface area (Å²) in [5.74, 6) is 0.433. The predicted molar refractivity (Wildman–Crippen MR) is 82.4 cm³/mol. The van der Waals surface area contributed by atoms with Crippen molar-refractivity contribution in [2.45, 2.75) is 17.9 Å². The van der Waals surface area contributed by atoms with Crippen LogP contribution in [0.4, 0.5) is 5.82 Å². The van der Waals surface area contributed by atoms with Crippen molar-refractivity contribution in [3.63, 3.8) is 0 Å². The van der Waals surface area contributed by atoms with Gasteiger partial charge in [0, 0.05) is 23.2 Å². The number of thioether (sulfide) groups is 1. The largest absolute Gasteiger partial charge is 0.383 e. The van der Waals surface area contributed by atoms with Crippen LogP contribution in [0.5, 0.6) is 0 Å². The summed E-state index contributed by atoms with van der Waals surface area (Å²) in [5.41, 5.74) is 7.56. The highest BCUT2D eigenvalue weighted by Crippen LogP contribution is 2.15. The first kappa shape index (κ1) is 14.4. The molecule has 1 aromatic heterocycles. The standard InChI is InChI=1S/C15H17N3OS/c1-20-13-6-4-11(5-7-13)9-14(19)18-10-12-3-2-8-17-15(12)16/h2-8H,9-10H2,1H3,(H2,16,17)(H,18,19). The van der Waals surface area contributed by atoms with E-state index in [1.807, 2.05) is 36.6 Å². The number of anilines is 1. The van der Waals surface area contributed by atoms with Crippen LogP contribution in [0.25, 0.3) is 0 Å². The maximum absolute atomic E-state index is 11.9. The molecule has 20 heavy (non-hydrogen) atoms. The third-order valence-electron chi connectivity index (χ3n) is 2.93. The Morgan fingerprint density at radius 2 is 2.05 bits per heavy atom. The molecule has 0 saturated carbocycles. The second-order valence-corrected chi connectivity index (χ2v) is 5.23. The molecule has 0 bridgehead atoms. The van der Waals surface area contributed by atoms with Crippen molar-refractivity contribution in [2.75, 3.05) is 12.0 Å². The topological polar surface area (TPSA) is 68.0 Å². The molecule has 0 saturated heterocycles. The molecule has 0 aliphatic carbocycles. The molecular weight excluding hydrogens is 270 g/mol. The van der Waals surface area contributed by atoms with Gasteiger partial charge in [-0.25, -0.2) is 4.98 Å². The summed E-state index contributed by atoms with van der Waals surface area (Å²) in [6, 6.07) is 11.7. The molecule has 104 valence electrons. The summed E-state index contributed by atoms with van der Waals surface area (Å²) in [7, 11) is 0. The number of hydrogen-bond acceptors (Lipinski definition) is 4. The van der Waals surface area contributed by atoms with Crippen molar-refractivity contribution in [1.29, 1.82) is 0 Å². The van der Waals surface area contributed by atoms with Crippen molar-refractivity contribution < 1.29 is 4.79 Å². The van der Waals surface area contributed by atoms with Crippen LogP contribution in [0.3, 0.4) is 0 Å². The summed E-state index contributed by atoms with van der Waals surface area (Å²) in [5, 5.41) is 2.85. The SMILES string of the molecule is CSc1ccc(CC(=O)NCc2cccnc2N)cc1. The molecular formula is C15H17N3OS. The number of nitrogens with one attached hydrogen (secondary N) is 1. The van der Waals surface area contributed by atoms with Gasteiger partial charge in [-0.2, -0.15) is 0 Å². The zero-order chi connectivity index (χ0) is 14.4. The first-order chi connectivity index (χ1) is 9.69. The molecule has 1 amide bonds. The number of carbonyl (C=O) groups is 1. The van der Waals surface area contributed by atoms with Gasteiger partial charge in [-0.15, -0.1) is 11.8 Å². The van der Waals surface area contributed by atoms with E-state index in [0.29, 0.717) is 18.8 Å². The minimum absolute atomic E-state index is 0.0230. The van der Waals surface area contributed by atoms with Gasteiger partial charge >= 0.3 is 0 Å². The molecule has 0 spiro atoms. The Hall–Kier alpha value is -2.01. The molecule has 2 rings (SSSR count). The first-order valence-corrected chi connectivity index (χ1v) is 7.50. The fraction of sp³-hybridized carbons (Fsp3) is 0.200. The van der Waals surface area contributed by atoms with Crippen LogP contribution in [0.2, 0.25) is 0 Å². The monoisotopic (exact) mass is 287 g/mol. The average molecular weight is 287 g/mol. The predicted octanol–water partition coefficient (Wildman–Crippen LogP) is 2.24. The summed E-state index contributed by atoms with van der Waals surface area (Å²) >= 11 is 1.68. The van der Waals surface area contributed by atoms with Gasteiger partial charge in [-0.1, -0.05) is 18.2 Å². The lowest BCUT2D eigenvalue weighted by molar-refractivity contribution is -0.120. The second-order valence-electron chi connectivity index (χ2n) is 4.35. The van der Waals surface area contributed by atoms with Gasteiger partial charge in [0.1, 0.15) is 5.82 Å². The number of nitrogens with two attached hydrogens (primary N) is 1. The molecule has 3 N–H and O–H groups in total. The Kier molecular flexibility index (Phi) is 5.01. The van der Waals surface area contributed by atoms with Crippen LogP contribution in [0.1, 0.15) is 11.1 Å². The smallest absolute Gasteiger partial charge is 0.224 e. The fourth-order valence-corrected chi connectivity index (χ4v) is 2.19. The minimum Gasteiger partial charge on any atom is -0.383 e. The van der Waals surface area contributed by atoms with E-state index in [1.165, 1.54) is 4.90 Å². The van der Waals surface area contributed by atoms with E-state index in [9.17, 15) is 4.79 Å². The van der Waals surface area contributed by atoms with Crippen LogP contribution in [-0.4, -0.2) is 17.1 Å². The summed E-state index contributed by atoms with van der Waals surface area (Å²) in [6.07, 6.45) is 4.03. The normalized spacial score (nSPS) is 10.2. The summed E-state index contributed by atoms with van der Waals surface area (Å²) < 4.78 is 0. The van der Waals surface area contributed by atoms with Gasteiger partial charge in [0.15, 0.2) is 0 Å². The molecule has 4 nitrogen and oxygen atoms in total. The zero-order valence-electron chi connectivity index (χ0n) is 11.3. The lowest BCUT2D eigenvalue weighted by Gasteiger charge is -2.07.